The molecule has 5 heteroatoms. The Morgan fingerprint density at radius 2 is 2.20 bits per heavy atom. The quantitative estimate of drug-likeness (QED) is 0.851. The first-order valence-electron chi connectivity index (χ1n) is 6.61. The summed E-state index contributed by atoms with van der Waals surface area (Å²) < 4.78 is 13.2. The van der Waals surface area contributed by atoms with Gasteiger partial charge < -0.3 is 14.0 Å². The molecule has 0 saturated carbocycles. The topological polar surface area (TPSA) is 53.4 Å². The summed E-state index contributed by atoms with van der Waals surface area (Å²) in [6, 6.07) is 7.39. The van der Waals surface area contributed by atoms with E-state index in [4.69, 9.17) is 9.47 Å². The number of imidazole rings is 1. The molecular weight excluding hydrogens is 256 g/mol. The molecule has 0 amide bonds. The van der Waals surface area contributed by atoms with Crippen LogP contribution in [0.4, 0.5) is 0 Å². The number of ketones is 1. The van der Waals surface area contributed by atoms with E-state index < -0.39 is 6.10 Å². The van der Waals surface area contributed by atoms with Gasteiger partial charge in [-0.05, 0) is 12.1 Å². The van der Waals surface area contributed by atoms with Gasteiger partial charge in [-0.15, -0.1) is 0 Å². The van der Waals surface area contributed by atoms with Crippen molar-refractivity contribution in [2.45, 2.75) is 18.9 Å². The second kappa shape index (κ2) is 5.36. The fourth-order valence-corrected chi connectivity index (χ4v) is 2.21. The molecule has 0 bridgehead atoms. The zero-order valence-corrected chi connectivity index (χ0v) is 11.3. The van der Waals surface area contributed by atoms with Gasteiger partial charge in [-0.25, -0.2) is 4.98 Å². The first-order valence-corrected chi connectivity index (χ1v) is 6.61. The van der Waals surface area contributed by atoms with Crippen LogP contribution >= 0.6 is 0 Å². The minimum atomic E-state index is -0.523. The van der Waals surface area contributed by atoms with Crippen LogP contribution in [-0.2, 0) is 18.3 Å². The van der Waals surface area contributed by atoms with Gasteiger partial charge in [0.05, 0.1) is 0 Å². The predicted molar refractivity (Wildman–Crippen MR) is 72.9 cm³/mol. The molecule has 0 spiro atoms. The second-order valence-corrected chi connectivity index (χ2v) is 4.78. The van der Waals surface area contributed by atoms with Crippen LogP contribution in [0.25, 0.3) is 0 Å². The third-order valence-electron chi connectivity index (χ3n) is 3.38. The van der Waals surface area contributed by atoms with Crippen LogP contribution in [0.1, 0.15) is 12.2 Å². The zero-order valence-electron chi connectivity index (χ0n) is 11.3. The molecule has 1 aliphatic heterocycles. The number of aromatic nitrogens is 2. The molecule has 1 aromatic heterocycles. The summed E-state index contributed by atoms with van der Waals surface area (Å²) in [6.07, 6.45) is 4.10. The molecule has 5 nitrogen and oxygen atoms in total. The lowest BCUT2D eigenvalue weighted by Gasteiger charge is -2.25. The molecule has 2 heterocycles. The van der Waals surface area contributed by atoms with E-state index >= 15 is 0 Å². The molecule has 0 saturated heterocycles. The fourth-order valence-electron chi connectivity index (χ4n) is 2.21. The number of Topliss-reactive ketones (excluding diaryl/α,β-unsaturated/α-hetero) is 1. The molecule has 1 atom stereocenters. The molecule has 2 aromatic rings. The van der Waals surface area contributed by atoms with Crippen LogP contribution in [0.2, 0.25) is 0 Å². The summed E-state index contributed by atoms with van der Waals surface area (Å²) >= 11 is 0. The molecule has 0 radical (unpaired) electrons. The Morgan fingerprint density at radius 1 is 1.40 bits per heavy atom. The Hall–Kier alpha value is -2.30. The summed E-state index contributed by atoms with van der Waals surface area (Å²) in [5.41, 5.74) is 0. The van der Waals surface area contributed by atoms with Crippen molar-refractivity contribution in [3.05, 3.63) is 42.5 Å². The molecule has 0 N–H and O–H groups in total. The van der Waals surface area contributed by atoms with Crippen molar-refractivity contribution in [3.8, 4) is 11.5 Å². The van der Waals surface area contributed by atoms with E-state index in [9.17, 15) is 4.79 Å². The lowest BCUT2D eigenvalue weighted by Crippen LogP contribution is -2.36. The van der Waals surface area contributed by atoms with Crippen LogP contribution in [-0.4, -0.2) is 28.0 Å². The first kappa shape index (κ1) is 12.7. The number of para-hydroxylation sites is 2. The van der Waals surface area contributed by atoms with Crippen molar-refractivity contribution in [1.82, 2.24) is 9.55 Å². The molecule has 0 aliphatic carbocycles. The van der Waals surface area contributed by atoms with Gasteiger partial charge in [-0.1, -0.05) is 12.1 Å². The normalized spacial score (nSPS) is 16.9. The molecule has 1 aromatic carbocycles. The first-order chi connectivity index (χ1) is 9.74. The standard InChI is InChI=1S/C15H16N2O3/c1-17-9-8-16-15(17)7-6-11(18)14-10-19-12-4-2-3-5-13(12)20-14/h2-5,8-9,14H,6-7,10H2,1H3. The van der Waals surface area contributed by atoms with Gasteiger partial charge in [0.15, 0.2) is 23.4 Å². The minimum Gasteiger partial charge on any atom is -0.485 e. The van der Waals surface area contributed by atoms with E-state index in [0.717, 1.165) is 5.82 Å². The van der Waals surface area contributed by atoms with E-state index in [1.165, 1.54) is 0 Å². The number of aryl methyl sites for hydroxylation is 2. The van der Waals surface area contributed by atoms with E-state index in [1.54, 1.807) is 6.20 Å². The van der Waals surface area contributed by atoms with Gasteiger partial charge in [0.2, 0.25) is 0 Å². The molecule has 20 heavy (non-hydrogen) atoms. The van der Waals surface area contributed by atoms with E-state index in [-0.39, 0.29) is 12.4 Å². The SMILES string of the molecule is Cn1ccnc1CCC(=O)C1COc2ccccc2O1. The number of carbonyl (C=O) groups excluding carboxylic acids is 1. The average Bonchev–Trinajstić information content (AvgIpc) is 2.89. The Balaban J connectivity index is 1.60. The van der Waals surface area contributed by atoms with Gasteiger partial charge in [-0.2, -0.15) is 0 Å². The Kier molecular flexibility index (Phi) is 3.41. The van der Waals surface area contributed by atoms with Gasteiger partial charge >= 0.3 is 0 Å². The molecule has 1 aliphatic rings. The highest BCUT2D eigenvalue weighted by Crippen LogP contribution is 2.31. The maximum atomic E-state index is 12.2. The number of hydrogen-bond acceptors (Lipinski definition) is 4. The van der Waals surface area contributed by atoms with Crippen molar-refractivity contribution in [3.63, 3.8) is 0 Å². The number of nitrogens with zero attached hydrogens (tertiary/aromatic N) is 2. The highest BCUT2D eigenvalue weighted by molar-refractivity contribution is 5.84. The highest BCUT2D eigenvalue weighted by Gasteiger charge is 2.26. The Bertz CT molecular complexity index is 621. The van der Waals surface area contributed by atoms with Crippen molar-refractivity contribution in [2.24, 2.45) is 7.05 Å². The molecule has 1 unspecified atom stereocenters. The number of hydrogen-bond donors (Lipinski definition) is 0. The Morgan fingerprint density at radius 3 is 2.95 bits per heavy atom. The zero-order chi connectivity index (χ0) is 13.9. The number of fused-ring (bicyclic) bond motifs is 1. The third-order valence-corrected chi connectivity index (χ3v) is 3.38. The van der Waals surface area contributed by atoms with E-state index in [1.807, 2.05) is 42.1 Å². The van der Waals surface area contributed by atoms with E-state index in [0.29, 0.717) is 24.3 Å². The average molecular weight is 272 g/mol. The van der Waals surface area contributed by atoms with Gasteiger partial charge in [0.1, 0.15) is 12.4 Å². The Labute approximate surface area is 117 Å². The molecular formula is C15H16N2O3. The number of rotatable bonds is 4. The number of ether oxygens (including phenoxy) is 2. The smallest absolute Gasteiger partial charge is 0.190 e. The number of benzene rings is 1. The summed E-state index contributed by atoms with van der Waals surface area (Å²) in [6.45, 7) is 0.274. The van der Waals surface area contributed by atoms with E-state index in [2.05, 4.69) is 4.98 Å². The van der Waals surface area contributed by atoms with Crippen LogP contribution in [0.5, 0.6) is 11.5 Å². The molecule has 3 rings (SSSR count). The lowest BCUT2D eigenvalue weighted by atomic mass is 10.1. The van der Waals surface area contributed by atoms with Crippen LogP contribution < -0.4 is 9.47 Å². The van der Waals surface area contributed by atoms with Gasteiger partial charge in [0, 0.05) is 32.3 Å². The van der Waals surface area contributed by atoms with Crippen molar-refractivity contribution in [2.75, 3.05) is 6.61 Å². The highest BCUT2D eigenvalue weighted by atomic mass is 16.6. The van der Waals surface area contributed by atoms with Crippen molar-refractivity contribution < 1.29 is 14.3 Å². The van der Waals surface area contributed by atoms with Gasteiger partial charge in [0.25, 0.3) is 0 Å². The minimum absolute atomic E-state index is 0.0440. The van der Waals surface area contributed by atoms with Crippen LogP contribution in [0, 0.1) is 0 Å². The van der Waals surface area contributed by atoms with Crippen molar-refractivity contribution >= 4 is 5.78 Å². The number of carbonyl (C=O) groups is 1. The summed E-state index contributed by atoms with van der Waals surface area (Å²) in [4.78, 5) is 16.4. The molecule has 0 fully saturated rings. The summed E-state index contributed by atoms with van der Waals surface area (Å²) in [5, 5.41) is 0. The van der Waals surface area contributed by atoms with Crippen LogP contribution in [0.15, 0.2) is 36.7 Å². The summed E-state index contributed by atoms with van der Waals surface area (Å²) in [7, 11) is 1.92. The monoisotopic (exact) mass is 272 g/mol. The predicted octanol–water partition coefficient (Wildman–Crippen LogP) is 1.76. The van der Waals surface area contributed by atoms with Gasteiger partial charge in [-0.3, -0.25) is 4.79 Å². The maximum Gasteiger partial charge on any atom is 0.190 e. The second-order valence-electron chi connectivity index (χ2n) is 4.78. The maximum absolute atomic E-state index is 12.2. The molecule has 104 valence electrons. The largest absolute Gasteiger partial charge is 0.485 e. The lowest BCUT2D eigenvalue weighted by molar-refractivity contribution is -0.128. The summed E-state index contributed by atoms with van der Waals surface area (Å²) in [5.74, 6) is 2.27. The fraction of sp³-hybridized carbons (Fsp3) is 0.333. The third kappa shape index (κ3) is 2.52. The van der Waals surface area contributed by atoms with Crippen LogP contribution in [0.3, 0.4) is 0 Å². The van der Waals surface area contributed by atoms with Crippen molar-refractivity contribution in [1.29, 1.82) is 0 Å².